The summed E-state index contributed by atoms with van der Waals surface area (Å²) in [7, 11) is 0. The van der Waals surface area contributed by atoms with Gasteiger partial charge < -0.3 is 0 Å². The van der Waals surface area contributed by atoms with Gasteiger partial charge in [-0.2, -0.15) is 0 Å². The largest absolute Gasteiger partial charge is 0.208 e. The van der Waals surface area contributed by atoms with Gasteiger partial charge in [-0.3, -0.25) is 0 Å². The van der Waals surface area contributed by atoms with E-state index < -0.39 is 5.41 Å². The Hall–Kier alpha value is -6.62. The van der Waals surface area contributed by atoms with Crippen LogP contribution < -0.4 is 0 Å². The molecule has 0 fully saturated rings. The first-order chi connectivity index (χ1) is 26.8. The molecule has 1 aliphatic heterocycles. The van der Waals surface area contributed by atoms with E-state index in [1.54, 1.807) is 0 Å². The van der Waals surface area contributed by atoms with E-state index in [2.05, 4.69) is 127 Å². The maximum Gasteiger partial charge on any atom is 0.164 e. The third-order valence-electron chi connectivity index (χ3n) is 11.0. The number of nitrogens with zero attached hydrogens (tertiary/aromatic N) is 3. The molecule has 0 saturated carbocycles. The van der Waals surface area contributed by atoms with Crippen molar-refractivity contribution in [2.24, 2.45) is 0 Å². The monoisotopic (exact) mass is 705 g/mol. The van der Waals surface area contributed by atoms with Gasteiger partial charge in [-0.05, 0) is 67.4 Å². The smallest absolute Gasteiger partial charge is 0.164 e. The Labute approximate surface area is 318 Å². The van der Waals surface area contributed by atoms with E-state index in [0.29, 0.717) is 17.5 Å². The van der Waals surface area contributed by atoms with E-state index in [1.165, 1.54) is 59.5 Å². The highest BCUT2D eigenvalue weighted by molar-refractivity contribution is 7.99. The van der Waals surface area contributed by atoms with Gasteiger partial charge in [0.05, 0.1) is 5.41 Å². The number of aromatic nitrogens is 3. The molecule has 4 heteroatoms. The van der Waals surface area contributed by atoms with Crippen molar-refractivity contribution in [3.05, 3.63) is 210 Å². The Balaban J connectivity index is 1.07. The van der Waals surface area contributed by atoms with Gasteiger partial charge in [0, 0.05) is 26.5 Å². The zero-order valence-electron chi connectivity index (χ0n) is 29.1. The van der Waals surface area contributed by atoms with Crippen LogP contribution in [0.2, 0.25) is 0 Å². The van der Waals surface area contributed by atoms with E-state index in [0.717, 1.165) is 22.3 Å². The normalized spacial score (nSPS) is 13.3. The van der Waals surface area contributed by atoms with E-state index in [-0.39, 0.29) is 0 Å². The molecule has 9 aromatic rings. The SMILES string of the molecule is c1ccc(-c2nc(-c3ccccc3)nc(-c3ccc(-c4ccc5c(c4)C4(c6ccccc6-c6ccccc64)c4ccc6ccccc6c4S5)cc3)n2)cc1. The maximum atomic E-state index is 4.97. The summed E-state index contributed by atoms with van der Waals surface area (Å²) >= 11 is 1.90. The Morgan fingerprint density at radius 2 is 0.852 bits per heavy atom. The average molecular weight is 706 g/mol. The summed E-state index contributed by atoms with van der Waals surface area (Å²) in [4.78, 5) is 17.4. The highest BCUT2D eigenvalue weighted by Crippen LogP contribution is 2.63. The van der Waals surface area contributed by atoms with Gasteiger partial charge in [0.25, 0.3) is 0 Å². The Morgan fingerprint density at radius 3 is 1.48 bits per heavy atom. The van der Waals surface area contributed by atoms with Crippen LogP contribution in [-0.4, -0.2) is 15.0 Å². The fourth-order valence-corrected chi connectivity index (χ4v) is 9.86. The fourth-order valence-electron chi connectivity index (χ4n) is 8.56. The average Bonchev–Trinajstić information content (AvgIpc) is 3.54. The van der Waals surface area contributed by atoms with Crippen molar-refractivity contribution in [1.29, 1.82) is 0 Å². The summed E-state index contributed by atoms with van der Waals surface area (Å²) in [5.74, 6) is 1.97. The highest BCUT2D eigenvalue weighted by Gasteiger charge is 2.50. The Kier molecular flexibility index (Phi) is 7.01. The first-order valence-electron chi connectivity index (χ1n) is 18.3. The molecule has 252 valence electrons. The quantitative estimate of drug-likeness (QED) is 0.183. The lowest BCUT2D eigenvalue weighted by Gasteiger charge is -2.40. The van der Waals surface area contributed by atoms with E-state index >= 15 is 0 Å². The van der Waals surface area contributed by atoms with Crippen LogP contribution in [0.5, 0.6) is 0 Å². The van der Waals surface area contributed by atoms with Crippen LogP contribution in [0.15, 0.2) is 198 Å². The molecule has 1 spiro atoms. The van der Waals surface area contributed by atoms with Crippen LogP contribution in [0.25, 0.3) is 67.2 Å². The predicted molar refractivity (Wildman–Crippen MR) is 221 cm³/mol. The van der Waals surface area contributed by atoms with Crippen LogP contribution in [-0.2, 0) is 5.41 Å². The molecule has 2 heterocycles. The molecule has 0 amide bonds. The first-order valence-corrected chi connectivity index (χ1v) is 19.1. The first kappa shape index (κ1) is 31.0. The highest BCUT2D eigenvalue weighted by atomic mass is 32.2. The lowest BCUT2D eigenvalue weighted by Crippen LogP contribution is -2.32. The van der Waals surface area contributed by atoms with Gasteiger partial charge in [0.1, 0.15) is 0 Å². The lowest BCUT2D eigenvalue weighted by atomic mass is 9.66. The molecule has 0 N–H and O–H groups in total. The zero-order valence-corrected chi connectivity index (χ0v) is 30.0. The molecule has 0 atom stereocenters. The van der Waals surface area contributed by atoms with Crippen LogP contribution in [0.4, 0.5) is 0 Å². The summed E-state index contributed by atoms with van der Waals surface area (Å²) in [6.45, 7) is 0. The van der Waals surface area contributed by atoms with Crippen molar-refractivity contribution in [1.82, 2.24) is 15.0 Å². The van der Waals surface area contributed by atoms with Crippen molar-refractivity contribution in [3.63, 3.8) is 0 Å². The number of hydrogen-bond donors (Lipinski definition) is 0. The van der Waals surface area contributed by atoms with E-state index in [1.807, 2.05) is 72.4 Å². The summed E-state index contributed by atoms with van der Waals surface area (Å²) in [6.07, 6.45) is 0. The van der Waals surface area contributed by atoms with Gasteiger partial charge in [0.2, 0.25) is 0 Å². The molecule has 0 saturated heterocycles. The topological polar surface area (TPSA) is 38.7 Å². The second-order valence-electron chi connectivity index (χ2n) is 13.9. The zero-order chi connectivity index (χ0) is 35.6. The molecule has 2 aliphatic rings. The van der Waals surface area contributed by atoms with Gasteiger partial charge in [0.15, 0.2) is 17.5 Å². The van der Waals surface area contributed by atoms with Gasteiger partial charge in [-0.1, -0.05) is 188 Å². The third-order valence-corrected chi connectivity index (χ3v) is 12.2. The molecule has 11 rings (SSSR count). The van der Waals surface area contributed by atoms with Crippen molar-refractivity contribution in [2.45, 2.75) is 15.2 Å². The van der Waals surface area contributed by atoms with Crippen molar-refractivity contribution in [2.75, 3.05) is 0 Å². The number of hydrogen-bond acceptors (Lipinski definition) is 4. The predicted octanol–water partition coefficient (Wildman–Crippen LogP) is 12.5. The van der Waals surface area contributed by atoms with Crippen LogP contribution >= 0.6 is 11.8 Å². The lowest BCUT2D eigenvalue weighted by molar-refractivity contribution is 0.726. The van der Waals surface area contributed by atoms with E-state index in [4.69, 9.17) is 15.0 Å². The van der Waals surface area contributed by atoms with Crippen molar-refractivity contribution in [3.8, 4) is 56.4 Å². The molecule has 0 radical (unpaired) electrons. The molecule has 3 nitrogen and oxygen atoms in total. The Bertz CT molecular complexity index is 2800. The minimum Gasteiger partial charge on any atom is -0.208 e. The van der Waals surface area contributed by atoms with Gasteiger partial charge in [-0.25, -0.2) is 15.0 Å². The second kappa shape index (κ2) is 12.2. The molecule has 0 bridgehead atoms. The van der Waals surface area contributed by atoms with Gasteiger partial charge in [-0.15, -0.1) is 0 Å². The fraction of sp³-hybridized carbons (Fsp3) is 0.0200. The summed E-state index contributed by atoms with van der Waals surface area (Å²) < 4.78 is 0. The van der Waals surface area contributed by atoms with E-state index in [9.17, 15) is 0 Å². The standard InChI is InChI=1S/C50H31N3S/c1-3-14-34(15-4-1)47-51-48(35-16-5-2-6-17-35)53-49(52-47)36-25-23-32(24-26-36)37-28-30-45-44(31-37)50(43-29-27-33-13-7-8-18-38(33)46(43)54-45)41-21-11-9-19-39(41)40-20-10-12-22-42(40)50/h1-31H. The van der Waals surface area contributed by atoms with Gasteiger partial charge >= 0.3 is 0 Å². The molecule has 1 aliphatic carbocycles. The Morgan fingerprint density at radius 1 is 0.352 bits per heavy atom. The minimum absolute atomic E-state index is 0.449. The summed E-state index contributed by atoms with van der Waals surface area (Å²) in [6, 6.07) is 67.5. The summed E-state index contributed by atoms with van der Waals surface area (Å²) in [5.41, 5.74) is 12.7. The molecular weight excluding hydrogens is 675 g/mol. The van der Waals surface area contributed by atoms with Crippen LogP contribution in [0.3, 0.4) is 0 Å². The number of fused-ring (bicyclic) bond motifs is 11. The van der Waals surface area contributed by atoms with Crippen molar-refractivity contribution >= 4 is 22.5 Å². The van der Waals surface area contributed by atoms with Crippen LogP contribution in [0.1, 0.15) is 22.3 Å². The molecule has 1 aromatic heterocycles. The maximum absolute atomic E-state index is 4.97. The number of benzene rings is 8. The van der Waals surface area contributed by atoms with Crippen LogP contribution in [0, 0.1) is 0 Å². The molecule has 0 unspecified atom stereocenters. The minimum atomic E-state index is -0.449. The molecular formula is C50H31N3S. The molecule has 54 heavy (non-hydrogen) atoms. The third kappa shape index (κ3) is 4.67. The number of rotatable bonds is 4. The molecule has 8 aromatic carbocycles. The second-order valence-corrected chi connectivity index (χ2v) is 15.0. The van der Waals surface area contributed by atoms with Crippen molar-refractivity contribution < 1.29 is 0 Å². The summed E-state index contributed by atoms with van der Waals surface area (Å²) in [5, 5.41) is 2.57.